The van der Waals surface area contributed by atoms with Crippen LogP contribution < -0.4 is 10.6 Å². The van der Waals surface area contributed by atoms with Gasteiger partial charge in [0.25, 0.3) is 0 Å². The van der Waals surface area contributed by atoms with E-state index in [4.69, 9.17) is 0 Å². The third-order valence-corrected chi connectivity index (χ3v) is 3.67. The van der Waals surface area contributed by atoms with E-state index in [0.29, 0.717) is 0 Å². The second-order valence-corrected chi connectivity index (χ2v) is 5.26. The molecule has 0 N–H and O–H groups in total. The fraction of sp³-hybridized carbons (Fsp3) is 0.0588. The molecule has 0 saturated carbocycles. The molecule has 20 heavy (non-hydrogen) atoms. The van der Waals surface area contributed by atoms with E-state index in [-0.39, 0.29) is 0 Å². The maximum Gasteiger partial charge on any atom is -0.0226 e. The summed E-state index contributed by atoms with van der Waals surface area (Å²) in [5, 5.41) is 2.79. The molecule has 0 radical (unpaired) electrons. The van der Waals surface area contributed by atoms with Gasteiger partial charge in [-0.05, 0) is 10.6 Å². The molecule has 0 saturated heterocycles. The van der Waals surface area contributed by atoms with Crippen LogP contribution in [0.15, 0.2) is 78.9 Å². The van der Waals surface area contributed by atoms with Crippen LogP contribution in [0.25, 0.3) is 0 Å². The Hall–Kier alpha value is -0.698. The van der Waals surface area contributed by atoms with E-state index in [0.717, 1.165) is 15.0 Å². The summed E-state index contributed by atoms with van der Waals surface area (Å²) >= 11 is 2.22. The van der Waals surface area contributed by atoms with Gasteiger partial charge in [0.15, 0.2) is 0 Å². The molecule has 0 aliphatic heterocycles. The van der Waals surface area contributed by atoms with Gasteiger partial charge in [0.1, 0.15) is 0 Å². The fourth-order valence-corrected chi connectivity index (χ4v) is 2.60. The van der Waals surface area contributed by atoms with Gasteiger partial charge in [-0.2, -0.15) is 6.08 Å². The Kier molecular flexibility index (Phi) is 10.5. The third-order valence-electron chi connectivity index (χ3n) is 2.42. The first-order valence-electron chi connectivity index (χ1n) is 6.16. The predicted molar refractivity (Wildman–Crippen MR) is 87.9 cm³/mol. The van der Waals surface area contributed by atoms with E-state index in [1.54, 1.807) is 0 Å². The summed E-state index contributed by atoms with van der Waals surface area (Å²) < 4.78 is 0. The SMILES string of the molecule is [C-]1=CC=CC1.[Cl][Pd+].c1ccc(Pc2ccccc2)cc1. The minimum absolute atomic E-state index is 0.777. The summed E-state index contributed by atoms with van der Waals surface area (Å²) in [6.07, 6.45) is 10.0. The van der Waals surface area contributed by atoms with E-state index < -0.39 is 0 Å². The Morgan fingerprint density at radius 2 is 1.35 bits per heavy atom. The summed E-state index contributed by atoms with van der Waals surface area (Å²) in [7, 11) is 5.27. The first-order valence-corrected chi connectivity index (χ1v) is 9.16. The van der Waals surface area contributed by atoms with Crippen LogP contribution in [-0.2, 0) is 18.2 Å². The predicted octanol–water partition coefficient (Wildman–Crippen LogP) is 4.31. The minimum Gasteiger partial charge on any atom is -0.0622 e. The van der Waals surface area contributed by atoms with Gasteiger partial charge < -0.3 is 0 Å². The molecule has 3 rings (SSSR count). The van der Waals surface area contributed by atoms with Crippen molar-refractivity contribution in [1.29, 1.82) is 0 Å². The zero-order valence-electron chi connectivity index (χ0n) is 10.9. The Morgan fingerprint density at radius 1 is 0.850 bits per heavy atom. The topological polar surface area (TPSA) is 0 Å². The van der Waals surface area contributed by atoms with Crippen molar-refractivity contribution in [3.8, 4) is 0 Å². The standard InChI is InChI=1S/C12H11P.C5H5.ClH.Pd/c1-3-7-11(8-4-1)13-12-9-5-2-6-10-12;1-2-4-5-3-1;;/h1-10,13H;1-3H,4H2;1H;/q;-1;;+2/p-1. The van der Waals surface area contributed by atoms with Gasteiger partial charge in [-0.3, -0.25) is 6.08 Å². The first-order chi connectivity index (χ1) is 9.95. The van der Waals surface area contributed by atoms with Gasteiger partial charge in [0.05, 0.1) is 0 Å². The molecule has 1 aliphatic carbocycles. The van der Waals surface area contributed by atoms with E-state index in [9.17, 15) is 0 Å². The number of hydrogen-bond donors (Lipinski definition) is 0. The van der Waals surface area contributed by atoms with E-state index >= 15 is 0 Å². The molecular weight excluding hydrogens is 377 g/mol. The summed E-state index contributed by atoms with van der Waals surface area (Å²) in [6, 6.07) is 21.2. The van der Waals surface area contributed by atoms with E-state index in [2.05, 4.69) is 101 Å². The molecular formula is C17H16ClPPd. The smallest absolute Gasteiger partial charge is 0.0226 e. The Balaban J connectivity index is 0.000000239. The van der Waals surface area contributed by atoms with Crippen molar-refractivity contribution in [3.63, 3.8) is 0 Å². The first kappa shape index (κ1) is 17.4. The number of hydrogen-bond acceptors (Lipinski definition) is 0. The minimum atomic E-state index is 0.777. The molecule has 1 aliphatic rings. The molecule has 0 heterocycles. The molecule has 0 bridgehead atoms. The Bertz CT molecular complexity index is 462. The molecule has 0 aromatic heterocycles. The van der Waals surface area contributed by atoms with Gasteiger partial charge in [-0.1, -0.05) is 69.2 Å². The molecule has 2 aromatic rings. The van der Waals surface area contributed by atoms with Crippen molar-refractivity contribution in [2.75, 3.05) is 0 Å². The molecule has 0 atom stereocenters. The normalized spacial score (nSPS) is 11.2. The molecule has 3 heteroatoms. The van der Waals surface area contributed by atoms with Crippen molar-refractivity contribution in [1.82, 2.24) is 0 Å². The molecule has 0 spiro atoms. The van der Waals surface area contributed by atoms with E-state index in [1.807, 2.05) is 12.2 Å². The zero-order valence-corrected chi connectivity index (χ0v) is 14.2. The maximum atomic E-state index is 4.49. The molecule has 0 amide bonds. The quantitative estimate of drug-likeness (QED) is 0.405. The number of benzene rings is 2. The van der Waals surface area contributed by atoms with Crippen molar-refractivity contribution in [2.24, 2.45) is 0 Å². The van der Waals surface area contributed by atoms with Crippen LogP contribution >= 0.6 is 18.1 Å². The average Bonchev–Trinajstić information content (AvgIpc) is 3.11. The van der Waals surface area contributed by atoms with Crippen LogP contribution in [0.2, 0.25) is 0 Å². The largest absolute Gasteiger partial charge is 0.0622 e. The second kappa shape index (κ2) is 12.1. The molecule has 0 fully saturated rings. The average molecular weight is 393 g/mol. The summed E-state index contributed by atoms with van der Waals surface area (Å²) in [4.78, 5) is 0. The monoisotopic (exact) mass is 392 g/mol. The van der Waals surface area contributed by atoms with Crippen LogP contribution in [-0.4, -0.2) is 0 Å². The van der Waals surface area contributed by atoms with Crippen molar-refractivity contribution in [2.45, 2.75) is 6.42 Å². The molecule has 2 aromatic carbocycles. The third kappa shape index (κ3) is 7.79. The van der Waals surface area contributed by atoms with Crippen molar-refractivity contribution in [3.05, 3.63) is 85.0 Å². The Morgan fingerprint density at radius 3 is 1.65 bits per heavy atom. The number of rotatable bonds is 2. The van der Waals surface area contributed by atoms with Crippen LogP contribution in [0.4, 0.5) is 0 Å². The summed E-state index contributed by atoms with van der Waals surface area (Å²) in [5.74, 6) is 0. The summed E-state index contributed by atoms with van der Waals surface area (Å²) in [5.41, 5.74) is 0. The molecule has 106 valence electrons. The zero-order chi connectivity index (χ0) is 14.5. The van der Waals surface area contributed by atoms with Gasteiger partial charge in [-0.15, -0.1) is 6.42 Å². The number of allylic oxidation sites excluding steroid dienone is 4. The van der Waals surface area contributed by atoms with E-state index in [1.165, 1.54) is 10.6 Å². The van der Waals surface area contributed by atoms with Gasteiger partial charge >= 0.3 is 27.7 Å². The maximum absolute atomic E-state index is 4.49. The molecule has 0 nitrogen and oxygen atoms in total. The van der Waals surface area contributed by atoms with Crippen molar-refractivity contribution < 1.29 is 18.2 Å². The number of halogens is 1. The van der Waals surface area contributed by atoms with Gasteiger partial charge in [0.2, 0.25) is 0 Å². The van der Waals surface area contributed by atoms with Crippen LogP contribution in [0.3, 0.4) is 0 Å². The van der Waals surface area contributed by atoms with Crippen LogP contribution in [0.5, 0.6) is 0 Å². The molecule has 0 unspecified atom stereocenters. The summed E-state index contributed by atoms with van der Waals surface area (Å²) in [6.45, 7) is 0. The Labute approximate surface area is 138 Å². The van der Waals surface area contributed by atoms with Crippen LogP contribution in [0, 0.1) is 6.08 Å². The fourth-order valence-electron chi connectivity index (χ4n) is 1.55. The van der Waals surface area contributed by atoms with Crippen molar-refractivity contribution >= 4 is 28.7 Å². The van der Waals surface area contributed by atoms with Crippen LogP contribution in [0.1, 0.15) is 6.42 Å². The van der Waals surface area contributed by atoms with Gasteiger partial charge in [0, 0.05) is 0 Å². The second-order valence-electron chi connectivity index (χ2n) is 3.86. The van der Waals surface area contributed by atoms with Gasteiger partial charge in [-0.25, -0.2) is 12.2 Å².